The fourth-order valence-corrected chi connectivity index (χ4v) is 5.15. The van der Waals surface area contributed by atoms with Crippen LogP contribution in [0.4, 0.5) is 16.0 Å². The number of likely N-dealkylation sites (N-methyl/N-ethyl adjacent to an activating group) is 1. The van der Waals surface area contributed by atoms with Crippen LogP contribution in [0.2, 0.25) is 0 Å². The Balaban J connectivity index is 1.27. The summed E-state index contributed by atoms with van der Waals surface area (Å²) in [6.45, 7) is 5.94. The molecule has 198 valence electrons. The van der Waals surface area contributed by atoms with Crippen LogP contribution in [0.3, 0.4) is 0 Å². The van der Waals surface area contributed by atoms with Gasteiger partial charge in [0.2, 0.25) is 5.95 Å². The highest BCUT2D eigenvalue weighted by Crippen LogP contribution is 2.33. The number of aliphatic hydroxyl groups excluding tert-OH is 1. The molecule has 4 aromatic rings. The SMILES string of the molecule is Cc1ccc2c(c1)C(c1ccccc1F)=NCc1cnc(Nc3ccc(C(O)N4CCN(C)CC4)cc3)nc1-2. The van der Waals surface area contributed by atoms with E-state index in [1.54, 1.807) is 18.3 Å². The van der Waals surface area contributed by atoms with Crippen LogP contribution >= 0.6 is 0 Å². The highest BCUT2D eigenvalue weighted by molar-refractivity contribution is 6.17. The number of aromatic nitrogens is 2. The molecule has 2 aliphatic heterocycles. The van der Waals surface area contributed by atoms with Gasteiger partial charge in [0.15, 0.2) is 0 Å². The molecular formula is C31H31FN6O. The molecule has 2 aliphatic rings. The number of piperazine rings is 1. The van der Waals surface area contributed by atoms with Crippen molar-refractivity contribution < 1.29 is 9.50 Å². The highest BCUT2D eigenvalue weighted by Gasteiger charge is 2.24. The van der Waals surface area contributed by atoms with Gasteiger partial charge in [-0.3, -0.25) is 9.89 Å². The largest absolute Gasteiger partial charge is 0.374 e. The number of hydrogen-bond donors (Lipinski definition) is 2. The normalized spacial score (nSPS) is 16.6. The molecule has 8 heteroatoms. The first-order chi connectivity index (χ1) is 19.0. The van der Waals surface area contributed by atoms with Crippen molar-refractivity contribution >= 4 is 17.3 Å². The number of nitrogens with zero attached hydrogens (tertiary/aromatic N) is 5. The first kappa shape index (κ1) is 25.3. The maximum Gasteiger partial charge on any atom is 0.227 e. The van der Waals surface area contributed by atoms with E-state index in [1.165, 1.54) is 6.07 Å². The van der Waals surface area contributed by atoms with Gasteiger partial charge in [-0.25, -0.2) is 14.4 Å². The van der Waals surface area contributed by atoms with Gasteiger partial charge in [-0.05, 0) is 49.9 Å². The molecule has 0 amide bonds. The van der Waals surface area contributed by atoms with Crippen molar-refractivity contribution in [1.82, 2.24) is 19.8 Å². The fourth-order valence-electron chi connectivity index (χ4n) is 5.15. The van der Waals surface area contributed by atoms with Crippen molar-refractivity contribution in [2.75, 3.05) is 38.5 Å². The van der Waals surface area contributed by atoms with E-state index in [0.717, 1.165) is 65.4 Å². The van der Waals surface area contributed by atoms with Crippen LogP contribution in [0, 0.1) is 12.7 Å². The van der Waals surface area contributed by atoms with Gasteiger partial charge in [0.1, 0.15) is 12.0 Å². The lowest BCUT2D eigenvalue weighted by Gasteiger charge is -2.35. The van der Waals surface area contributed by atoms with Crippen LogP contribution in [0.15, 0.2) is 77.9 Å². The number of anilines is 2. The Labute approximate surface area is 227 Å². The second-order valence-corrected chi connectivity index (χ2v) is 10.2. The first-order valence-corrected chi connectivity index (χ1v) is 13.2. The van der Waals surface area contributed by atoms with Gasteiger partial charge in [-0.2, -0.15) is 0 Å². The van der Waals surface area contributed by atoms with E-state index in [1.807, 2.05) is 55.5 Å². The van der Waals surface area contributed by atoms with Crippen molar-refractivity contribution in [2.24, 2.45) is 4.99 Å². The molecule has 6 rings (SSSR count). The second kappa shape index (κ2) is 10.6. The summed E-state index contributed by atoms with van der Waals surface area (Å²) in [6, 6.07) is 20.6. The quantitative estimate of drug-likeness (QED) is 0.387. The minimum atomic E-state index is -0.625. The number of aryl methyl sites for hydroxylation is 1. The van der Waals surface area contributed by atoms with E-state index in [0.29, 0.717) is 23.8 Å². The molecule has 2 N–H and O–H groups in total. The lowest BCUT2D eigenvalue weighted by Crippen LogP contribution is -2.45. The molecule has 0 aliphatic carbocycles. The number of halogens is 1. The van der Waals surface area contributed by atoms with Gasteiger partial charge < -0.3 is 15.3 Å². The van der Waals surface area contributed by atoms with Crippen molar-refractivity contribution in [3.05, 3.63) is 107 Å². The zero-order valence-corrected chi connectivity index (χ0v) is 22.1. The van der Waals surface area contributed by atoms with Crippen LogP contribution in [-0.2, 0) is 6.54 Å². The van der Waals surface area contributed by atoms with Gasteiger partial charge in [0.05, 0.1) is 18.0 Å². The third-order valence-corrected chi connectivity index (χ3v) is 7.44. The number of rotatable bonds is 5. The maximum absolute atomic E-state index is 14.8. The molecule has 1 atom stereocenters. The topological polar surface area (TPSA) is 76.9 Å². The van der Waals surface area contributed by atoms with E-state index < -0.39 is 6.23 Å². The predicted octanol–water partition coefficient (Wildman–Crippen LogP) is 4.92. The van der Waals surface area contributed by atoms with Crippen LogP contribution in [0.25, 0.3) is 11.3 Å². The van der Waals surface area contributed by atoms with Crippen molar-refractivity contribution in [1.29, 1.82) is 0 Å². The van der Waals surface area contributed by atoms with Gasteiger partial charge in [0.25, 0.3) is 0 Å². The summed E-state index contributed by atoms with van der Waals surface area (Å²) in [6.07, 6.45) is 1.16. The van der Waals surface area contributed by atoms with Crippen LogP contribution < -0.4 is 5.32 Å². The fraction of sp³-hybridized carbons (Fsp3) is 0.258. The van der Waals surface area contributed by atoms with Gasteiger partial charge in [-0.15, -0.1) is 0 Å². The molecular weight excluding hydrogens is 491 g/mol. The van der Waals surface area contributed by atoms with Gasteiger partial charge >= 0.3 is 0 Å². The average molecular weight is 523 g/mol. The van der Waals surface area contributed by atoms with E-state index in [4.69, 9.17) is 9.98 Å². The molecule has 1 aromatic heterocycles. The highest BCUT2D eigenvalue weighted by atomic mass is 19.1. The lowest BCUT2D eigenvalue weighted by molar-refractivity contribution is -0.0232. The standard InChI is InChI=1S/C31H31FN6O/c1-20-7-12-24-26(17-20)29(25-5-3-4-6-27(25)32)33-18-22-19-34-31(36-28(22)24)35-23-10-8-21(9-11-23)30(39)38-15-13-37(2)14-16-38/h3-12,17,19,30,39H,13-16,18H2,1-2H3,(H,34,35,36). The summed E-state index contributed by atoms with van der Waals surface area (Å²) in [5.41, 5.74) is 7.24. The molecule has 3 aromatic carbocycles. The van der Waals surface area contributed by atoms with Crippen molar-refractivity contribution in [2.45, 2.75) is 19.7 Å². The molecule has 39 heavy (non-hydrogen) atoms. The van der Waals surface area contributed by atoms with Gasteiger partial charge in [-0.1, -0.05) is 42.0 Å². The summed E-state index contributed by atoms with van der Waals surface area (Å²) in [5, 5.41) is 14.1. The zero-order valence-electron chi connectivity index (χ0n) is 22.1. The van der Waals surface area contributed by atoms with Crippen LogP contribution in [-0.4, -0.2) is 63.8 Å². The smallest absolute Gasteiger partial charge is 0.227 e. The van der Waals surface area contributed by atoms with Crippen LogP contribution in [0.5, 0.6) is 0 Å². The summed E-state index contributed by atoms with van der Waals surface area (Å²) in [5.74, 6) is 0.159. The first-order valence-electron chi connectivity index (χ1n) is 13.2. The summed E-state index contributed by atoms with van der Waals surface area (Å²) < 4.78 is 14.8. The van der Waals surface area contributed by atoms with Crippen molar-refractivity contribution in [3.63, 3.8) is 0 Å². The number of nitrogens with one attached hydrogen (secondary N) is 1. The van der Waals surface area contributed by atoms with Crippen molar-refractivity contribution in [3.8, 4) is 11.3 Å². The monoisotopic (exact) mass is 522 g/mol. The molecule has 0 spiro atoms. The summed E-state index contributed by atoms with van der Waals surface area (Å²) in [7, 11) is 2.10. The molecule has 0 saturated carbocycles. The number of fused-ring (bicyclic) bond motifs is 3. The van der Waals surface area contributed by atoms with E-state index >= 15 is 0 Å². The van der Waals surface area contributed by atoms with E-state index in [-0.39, 0.29) is 5.82 Å². The number of benzene rings is 3. The van der Waals surface area contributed by atoms with E-state index in [2.05, 4.69) is 27.1 Å². The number of hydrogen-bond acceptors (Lipinski definition) is 7. The third-order valence-electron chi connectivity index (χ3n) is 7.44. The lowest BCUT2D eigenvalue weighted by atomic mass is 9.93. The van der Waals surface area contributed by atoms with Crippen LogP contribution in [0.1, 0.15) is 34.0 Å². The zero-order chi connectivity index (χ0) is 26.9. The minimum Gasteiger partial charge on any atom is -0.374 e. The van der Waals surface area contributed by atoms with Gasteiger partial charge in [0, 0.05) is 60.3 Å². The molecule has 1 saturated heterocycles. The molecule has 1 unspecified atom stereocenters. The Morgan fingerprint density at radius 3 is 2.46 bits per heavy atom. The molecule has 0 radical (unpaired) electrons. The Morgan fingerprint density at radius 2 is 1.69 bits per heavy atom. The Bertz CT molecular complexity index is 1530. The Kier molecular flexibility index (Phi) is 6.91. The second-order valence-electron chi connectivity index (χ2n) is 10.2. The predicted molar refractivity (Wildman–Crippen MR) is 152 cm³/mol. The number of aliphatic hydroxyl groups is 1. The third kappa shape index (κ3) is 5.18. The van der Waals surface area contributed by atoms with E-state index in [9.17, 15) is 9.50 Å². The maximum atomic E-state index is 14.8. The molecule has 3 heterocycles. The molecule has 1 fully saturated rings. The minimum absolute atomic E-state index is 0.302. The summed E-state index contributed by atoms with van der Waals surface area (Å²) >= 11 is 0. The summed E-state index contributed by atoms with van der Waals surface area (Å²) in [4.78, 5) is 18.6. The molecule has 7 nitrogen and oxygen atoms in total. The average Bonchev–Trinajstić information content (AvgIpc) is 3.10. The molecule has 0 bridgehead atoms. The number of aliphatic imine (C=N–C) groups is 1. The Morgan fingerprint density at radius 1 is 0.923 bits per heavy atom. The Hall–Kier alpha value is -3.98.